The van der Waals surface area contributed by atoms with E-state index in [9.17, 15) is 4.79 Å². The van der Waals surface area contributed by atoms with Crippen molar-refractivity contribution in [1.29, 1.82) is 0 Å². The molecule has 1 amide bonds. The van der Waals surface area contributed by atoms with E-state index in [1.54, 1.807) is 13.2 Å². The van der Waals surface area contributed by atoms with Crippen molar-refractivity contribution in [3.8, 4) is 0 Å². The average molecular weight is 181 g/mol. The third-order valence-electron chi connectivity index (χ3n) is 2.01. The summed E-state index contributed by atoms with van der Waals surface area (Å²) in [6, 6.07) is 0.290. The molecule has 0 unspecified atom stereocenters. The summed E-state index contributed by atoms with van der Waals surface area (Å²) in [5.41, 5.74) is 1.56. The number of rotatable bonds is 2. The van der Waals surface area contributed by atoms with Crippen molar-refractivity contribution in [2.45, 2.75) is 26.8 Å². The number of amides is 1. The van der Waals surface area contributed by atoms with E-state index in [4.69, 9.17) is 0 Å². The van der Waals surface area contributed by atoms with E-state index >= 15 is 0 Å². The summed E-state index contributed by atoms with van der Waals surface area (Å²) in [6.07, 6.45) is 1.61. The van der Waals surface area contributed by atoms with Crippen LogP contribution in [-0.4, -0.2) is 22.7 Å². The molecule has 0 aliphatic carbocycles. The molecule has 0 spiro atoms. The molecule has 0 radical (unpaired) electrons. The standard InChI is InChI=1S/C9H15N3O/c1-6(2)12-7(3)8(5-11-12)9(13)10-4/h5-6H,1-4H3,(H,10,13). The molecule has 4 nitrogen and oxygen atoms in total. The second-order valence-electron chi connectivity index (χ2n) is 3.26. The van der Waals surface area contributed by atoms with Gasteiger partial charge in [-0.1, -0.05) is 0 Å². The van der Waals surface area contributed by atoms with Crippen LogP contribution in [0.25, 0.3) is 0 Å². The summed E-state index contributed by atoms with van der Waals surface area (Å²) in [5, 5.41) is 6.72. The first-order valence-corrected chi connectivity index (χ1v) is 4.34. The molecular formula is C9H15N3O. The fourth-order valence-electron chi connectivity index (χ4n) is 1.30. The van der Waals surface area contributed by atoms with Gasteiger partial charge in [0.05, 0.1) is 11.8 Å². The van der Waals surface area contributed by atoms with Crippen LogP contribution in [0.15, 0.2) is 6.20 Å². The van der Waals surface area contributed by atoms with Crippen molar-refractivity contribution >= 4 is 5.91 Å². The van der Waals surface area contributed by atoms with E-state index in [0.717, 1.165) is 5.69 Å². The highest BCUT2D eigenvalue weighted by Crippen LogP contribution is 2.12. The lowest BCUT2D eigenvalue weighted by molar-refractivity contribution is 0.0962. The number of nitrogens with one attached hydrogen (secondary N) is 1. The van der Waals surface area contributed by atoms with Crippen molar-refractivity contribution in [3.05, 3.63) is 17.5 Å². The minimum absolute atomic E-state index is 0.0793. The summed E-state index contributed by atoms with van der Waals surface area (Å²) in [4.78, 5) is 11.3. The minimum Gasteiger partial charge on any atom is -0.355 e. The highest BCUT2D eigenvalue weighted by atomic mass is 16.1. The minimum atomic E-state index is -0.0793. The Hall–Kier alpha value is -1.32. The Labute approximate surface area is 77.9 Å². The predicted octanol–water partition coefficient (Wildman–Crippen LogP) is 1.13. The van der Waals surface area contributed by atoms with E-state index in [2.05, 4.69) is 10.4 Å². The second kappa shape index (κ2) is 3.60. The van der Waals surface area contributed by atoms with Crippen LogP contribution in [0, 0.1) is 6.92 Å². The molecule has 0 bridgehead atoms. The van der Waals surface area contributed by atoms with E-state index < -0.39 is 0 Å². The van der Waals surface area contributed by atoms with Crippen LogP contribution in [0.5, 0.6) is 0 Å². The molecule has 1 rings (SSSR count). The maximum Gasteiger partial charge on any atom is 0.254 e. The number of hydrogen-bond acceptors (Lipinski definition) is 2. The smallest absolute Gasteiger partial charge is 0.254 e. The molecule has 0 aromatic carbocycles. The lowest BCUT2D eigenvalue weighted by Crippen LogP contribution is -2.18. The Kier molecular flexibility index (Phi) is 2.70. The van der Waals surface area contributed by atoms with E-state index in [1.165, 1.54) is 0 Å². The summed E-state index contributed by atoms with van der Waals surface area (Å²) in [7, 11) is 1.62. The van der Waals surface area contributed by atoms with E-state index in [0.29, 0.717) is 11.6 Å². The van der Waals surface area contributed by atoms with Gasteiger partial charge >= 0.3 is 0 Å². The van der Waals surface area contributed by atoms with Crippen molar-refractivity contribution < 1.29 is 4.79 Å². The first-order chi connectivity index (χ1) is 6.07. The molecule has 1 N–H and O–H groups in total. The molecule has 0 fully saturated rings. The van der Waals surface area contributed by atoms with Crippen LogP contribution in [0.4, 0.5) is 0 Å². The molecule has 0 aliphatic heterocycles. The largest absolute Gasteiger partial charge is 0.355 e. The maximum atomic E-state index is 11.3. The van der Waals surface area contributed by atoms with Gasteiger partial charge in [-0.25, -0.2) is 0 Å². The number of carbonyl (C=O) groups is 1. The number of hydrogen-bond donors (Lipinski definition) is 1. The normalized spacial score (nSPS) is 10.5. The summed E-state index contributed by atoms with van der Waals surface area (Å²) in [6.45, 7) is 5.97. The summed E-state index contributed by atoms with van der Waals surface area (Å²) in [5.74, 6) is -0.0793. The van der Waals surface area contributed by atoms with Gasteiger partial charge in [-0.2, -0.15) is 5.10 Å². The highest BCUT2D eigenvalue weighted by Gasteiger charge is 2.13. The molecule has 1 aromatic heterocycles. The Balaban J connectivity index is 3.06. The van der Waals surface area contributed by atoms with Crippen molar-refractivity contribution in [2.75, 3.05) is 7.05 Å². The lowest BCUT2D eigenvalue weighted by Gasteiger charge is -2.08. The topological polar surface area (TPSA) is 46.9 Å². The Morgan fingerprint density at radius 1 is 1.62 bits per heavy atom. The average Bonchev–Trinajstić information content (AvgIpc) is 2.46. The molecule has 1 aromatic rings. The van der Waals surface area contributed by atoms with Gasteiger partial charge in [-0.15, -0.1) is 0 Å². The predicted molar refractivity (Wildman–Crippen MR) is 50.7 cm³/mol. The molecule has 13 heavy (non-hydrogen) atoms. The van der Waals surface area contributed by atoms with Crippen molar-refractivity contribution in [1.82, 2.24) is 15.1 Å². The number of carbonyl (C=O) groups excluding carboxylic acids is 1. The van der Waals surface area contributed by atoms with Gasteiger partial charge in [0.2, 0.25) is 0 Å². The van der Waals surface area contributed by atoms with Crippen LogP contribution >= 0.6 is 0 Å². The zero-order valence-electron chi connectivity index (χ0n) is 8.46. The van der Waals surface area contributed by atoms with Gasteiger partial charge in [0.1, 0.15) is 0 Å². The quantitative estimate of drug-likeness (QED) is 0.743. The number of aromatic nitrogens is 2. The zero-order valence-corrected chi connectivity index (χ0v) is 8.46. The monoisotopic (exact) mass is 181 g/mol. The molecule has 1 heterocycles. The summed E-state index contributed by atoms with van der Waals surface area (Å²) < 4.78 is 1.84. The molecule has 0 saturated carbocycles. The van der Waals surface area contributed by atoms with Crippen LogP contribution in [-0.2, 0) is 0 Å². The highest BCUT2D eigenvalue weighted by molar-refractivity contribution is 5.94. The molecule has 0 atom stereocenters. The van der Waals surface area contributed by atoms with Gasteiger partial charge in [-0.3, -0.25) is 9.48 Å². The van der Waals surface area contributed by atoms with Crippen molar-refractivity contribution in [2.24, 2.45) is 0 Å². The van der Waals surface area contributed by atoms with Crippen LogP contribution in [0.2, 0.25) is 0 Å². The zero-order chi connectivity index (χ0) is 10.0. The second-order valence-corrected chi connectivity index (χ2v) is 3.26. The SMILES string of the molecule is CNC(=O)c1cnn(C(C)C)c1C. The first-order valence-electron chi connectivity index (χ1n) is 4.34. The first kappa shape index (κ1) is 9.77. The Morgan fingerprint density at radius 3 is 2.62 bits per heavy atom. The third-order valence-corrected chi connectivity index (χ3v) is 2.01. The van der Waals surface area contributed by atoms with E-state index in [-0.39, 0.29) is 5.91 Å². The molecule has 4 heteroatoms. The van der Waals surface area contributed by atoms with Crippen LogP contribution < -0.4 is 5.32 Å². The van der Waals surface area contributed by atoms with E-state index in [1.807, 2.05) is 25.5 Å². The molecule has 0 saturated heterocycles. The third kappa shape index (κ3) is 1.71. The van der Waals surface area contributed by atoms with Gasteiger partial charge in [-0.05, 0) is 20.8 Å². The van der Waals surface area contributed by atoms with Gasteiger partial charge in [0.25, 0.3) is 5.91 Å². The van der Waals surface area contributed by atoms with Crippen LogP contribution in [0.1, 0.15) is 35.9 Å². The van der Waals surface area contributed by atoms with Gasteiger partial charge < -0.3 is 5.32 Å². The summed E-state index contributed by atoms with van der Waals surface area (Å²) >= 11 is 0. The van der Waals surface area contributed by atoms with Gasteiger partial charge in [0, 0.05) is 18.8 Å². The number of nitrogens with zero attached hydrogens (tertiary/aromatic N) is 2. The lowest BCUT2D eigenvalue weighted by atomic mass is 10.2. The fourth-order valence-corrected chi connectivity index (χ4v) is 1.30. The molecule has 0 aliphatic rings. The Bertz CT molecular complexity index is 315. The molecule has 72 valence electrons. The fraction of sp³-hybridized carbons (Fsp3) is 0.556. The van der Waals surface area contributed by atoms with Crippen LogP contribution in [0.3, 0.4) is 0 Å². The maximum absolute atomic E-state index is 11.3. The van der Waals surface area contributed by atoms with Gasteiger partial charge in [0.15, 0.2) is 0 Å². The van der Waals surface area contributed by atoms with Crippen molar-refractivity contribution in [3.63, 3.8) is 0 Å². The molecular weight excluding hydrogens is 166 g/mol. The Morgan fingerprint density at radius 2 is 2.23 bits per heavy atom.